The highest BCUT2D eigenvalue weighted by Gasteiger charge is 2.44. The van der Waals surface area contributed by atoms with Crippen LogP contribution < -0.4 is 15.8 Å². The molecule has 1 fully saturated rings. The van der Waals surface area contributed by atoms with E-state index in [9.17, 15) is 4.79 Å². The van der Waals surface area contributed by atoms with Gasteiger partial charge in [0.05, 0.1) is 18.2 Å². The van der Waals surface area contributed by atoms with E-state index in [2.05, 4.69) is 5.32 Å². The van der Waals surface area contributed by atoms with Crippen molar-refractivity contribution >= 4 is 5.91 Å². The van der Waals surface area contributed by atoms with Gasteiger partial charge >= 0.3 is 0 Å². The Kier molecular flexibility index (Phi) is 2.97. The lowest BCUT2D eigenvalue weighted by Gasteiger charge is -2.30. The molecule has 2 aliphatic rings. The second-order valence-corrected chi connectivity index (χ2v) is 5.76. The van der Waals surface area contributed by atoms with Crippen LogP contribution in [0.25, 0.3) is 0 Å². The van der Waals surface area contributed by atoms with Gasteiger partial charge in [0.1, 0.15) is 5.75 Å². The van der Waals surface area contributed by atoms with Gasteiger partial charge in [0.25, 0.3) is 0 Å². The van der Waals surface area contributed by atoms with E-state index in [1.807, 2.05) is 31.2 Å². The van der Waals surface area contributed by atoms with Crippen molar-refractivity contribution in [1.29, 1.82) is 0 Å². The Morgan fingerprint density at radius 1 is 1.37 bits per heavy atom. The van der Waals surface area contributed by atoms with Gasteiger partial charge in [-0.05, 0) is 31.7 Å². The van der Waals surface area contributed by atoms with Crippen molar-refractivity contribution in [2.24, 2.45) is 11.7 Å². The number of nitrogens with one attached hydrogen (secondary N) is 1. The third-order valence-corrected chi connectivity index (χ3v) is 4.18. The van der Waals surface area contributed by atoms with Crippen molar-refractivity contribution < 1.29 is 9.53 Å². The standard InChI is InChI=1S/C15H20N2O2/c1-15(16,10-6-7-10)14(18)17-12-8-9-19-13-5-3-2-4-11(12)13/h2-5,10,12H,6-9,16H2,1H3,(H,17,18). The number of nitrogens with two attached hydrogens (primary N) is 1. The summed E-state index contributed by atoms with van der Waals surface area (Å²) in [6, 6.07) is 7.87. The maximum Gasteiger partial charge on any atom is 0.240 e. The topological polar surface area (TPSA) is 64.4 Å². The smallest absolute Gasteiger partial charge is 0.240 e. The molecule has 0 spiro atoms. The summed E-state index contributed by atoms with van der Waals surface area (Å²) in [5.74, 6) is 1.16. The predicted octanol–water partition coefficient (Wildman–Crippen LogP) is 1.75. The van der Waals surface area contributed by atoms with Crippen LogP contribution in [-0.4, -0.2) is 18.1 Å². The molecule has 3 N–H and O–H groups in total. The molecule has 1 aliphatic carbocycles. The Hall–Kier alpha value is -1.55. The van der Waals surface area contributed by atoms with Gasteiger partial charge in [0, 0.05) is 12.0 Å². The van der Waals surface area contributed by atoms with E-state index >= 15 is 0 Å². The van der Waals surface area contributed by atoms with Crippen LogP contribution in [0.3, 0.4) is 0 Å². The molecule has 102 valence electrons. The molecule has 1 aromatic carbocycles. The minimum absolute atomic E-state index is 0.0130. The van der Waals surface area contributed by atoms with Crippen LogP contribution in [0.5, 0.6) is 5.75 Å². The van der Waals surface area contributed by atoms with E-state index in [1.165, 1.54) is 0 Å². The van der Waals surface area contributed by atoms with Gasteiger partial charge in [-0.3, -0.25) is 4.79 Å². The monoisotopic (exact) mass is 260 g/mol. The van der Waals surface area contributed by atoms with E-state index in [4.69, 9.17) is 10.5 Å². The zero-order chi connectivity index (χ0) is 13.5. The Morgan fingerprint density at radius 3 is 2.84 bits per heavy atom. The predicted molar refractivity (Wildman–Crippen MR) is 72.8 cm³/mol. The molecule has 4 nitrogen and oxygen atoms in total. The Balaban J connectivity index is 1.76. The molecule has 1 aromatic rings. The molecule has 3 rings (SSSR count). The van der Waals surface area contributed by atoms with Crippen LogP contribution in [0.15, 0.2) is 24.3 Å². The van der Waals surface area contributed by atoms with E-state index in [-0.39, 0.29) is 11.9 Å². The van der Waals surface area contributed by atoms with Crippen molar-refractivity contribution in [2.75, 3.05) is 6.61 Å². The number of hydrogen-bond acceptors (Lipinski definition) is 3. The van der Waals surface area contributed by atoms with E-state index in [1.54, 1.807) is 0 Å². The molecule has 0 radical (unpaired) electrons. The number of carbonyl (C=O) groups is 1. The second kappa shape index (κ2) is 4.53. The number of ether oxygens (including phenoxy) is 1. The lowest BCUT2D eigenvalue weighted by atomic mass is 9.94. The van der Waals surface area contributed by atoms with Gasteiger partial charge in [0.2, 0.25) is 5.91 Å². The molecular formula is C15H20N2O2. The summed E-state index contributed by atoms with van der Waals surface area (Å²) in [7, 11) is 0. The number of benzene rings is 1. The number of rotatable bonds is 3. The second-order valence-electron chi connectivity index (χ2n) is 5.76. The molecule has 4 heteroatoms. The molecule has 1 heterocycles. The average molecular weight is 260 g/mol. The third kappa shape index (κ3) is 2.32. The highest BCUT2D eigenvalue weighted by atomic mass is 16.5. The first-order valence-corrected chi connectivity index (χ1v) is 6.90. The highest BCUT2D eigenvalue weighted by Crippen LogP contribution is 2.39. The number of hydrogen-bond donors (Lipinski definition) is 2. The van der Waals surface area contributed by atoms with Gasteiger partial charge in [0.15, 0.2) is 0 Å². The summed E-state index contributed by atoms with van der Waals surface area (Å²) < 4.78 is 5.60. The van der Waals surface area contributed by atoms with Gasteiger partial charge in [-0.2, -0.15) is 0 Å². The van der Waals surface area contributed by atoms with Gasteiger partial charge in [-0.25, -0.2) is 0 Å². The SMILES string of the molecule is CC(N)(C(=O)NC1CCOc2ccccc21)C1CC1. The molecule has 19 heavy (non-hydrogen) atoms. The molecule has 2 atom stereocenters. The number of para-hydroxylation sites is 1. The summed E-state index contributed by atoms with van der Waals surface area (Å²) in [4.78, 5) is 12.3. The van der Waals surface area contributed by atoms with Crippen LogP contribution >= 0.6 is 0 Å². The van der Waals surface area contributed by atoms with Crippen molar-refractivity contribution in [3.8, 4) is 5.75 Å². The van der Waals surface area contributed by atoms with Crippen LogP contribution in [0.1, 0.15) is 37.8 Å². The quantitative estimate of drug-likeness (QED) is 0.870. The number of amides is 1. The molecule has 1 aliphatic heterocycles. The molecule has 0 bridgehead atoms. The van der Waals surface area contributed by atoms with E-state index < -0.39 is 5.54 Å². The molecule has 1 saturated carbocycles. The van der Waals surface area contributed by atoms with Crippen molar-refractivity contribution in [3.05, 3.63) is 29.8 Å². The van der Waals surface area contributed by atoms with Gasteiger partial charge in [-0.15, -0.1) is 0 Å². The van der Waals surface area contributed by atoms with Crippen LogP contribution in [-0.2, 0) is 4.79 Å². The number of fused-ring (bicyclic) bond motifs is 1. The van der Waals surface area contributed by atoms with E-state index in [0.29, 0.717) is 12.5 Å². The number of carbonyl (C=O) groups excluding carboxylic acids is 1. The first-order chi connectivity index (χ1) is 9.09. The highest BCUT2D eigenvalue weighted by molar-refractivity contribution is 5.86. The summed E-state index contributed by atoms with van der Waals surface area (Å²) >= 11 is 0. The normalized spacial score (nSPS) is 24.8. The largest absolute Gasteiger partial charge is 0.493 e. The zero-order valence-corrected chi connectivity index (χ0v) is 11.2. The lowest BCUT2D eigenvalue weighted by molar-refractivity contribution is -0.127. The van der Waals surface area contributed by atoms with Gasteiger partial charge < -0.3 is 15.8 Å². The average Bonchev–Trinajstić information content (AvgIpc) is 3.23. The Morgan fingerprint density at radius 2 is 2.11 bits per heavy atom. The van der Waals surface area contributed by atoms with Crippen LogP contribution in [0, 0.1) is 5.92 Å². The molecule has 0 aromatic heterocycles. The van der Waals surface area contributed by atoms with Crippen molar-refractivity contribution in [1.82, 2.24) is 5.32 Å². The summed E-state index contributed by atoms with van der Waals surface area (Å²) in [6.45, 7) is 2.47. The van der Waals surface area contributed by atoms with Crippen LogP contribution in [0.2, 0.25) is 0 Å². The lowest BCUT2D eigenvalue weighted by Crippen LogP contribution is -2.54. The van der Waals surface area contributed by atoms with E-state index in [0.717, 1.165) is 30.6 Å². The third-order valence-electron chi connectivity index (χ3n) is 4.18. The zero-order valence-electron chi connectivity index (χ0n) is 11.2. The molecule has 1 amide bonds. The van der Waals surface area contributed by atoms with Crippen molar-refractivity contribution in [2.45, 2.75) is 37.8 Å². The van der Waals surface area contributed by atoms with Crippen molar-refractivity contribution in [3.63, 3.8) is 0 Å². The molecule has 0 saturated heterocycles. The van der Waals surface area contributed by atoms with Gasteiger partial charge in [-0.1, -0.05) is 18.2 Å². The fourth-order valence-corrected chi connectivity index (χ4v) is 2.67. The summed E-state index contributed by atoms with van der Waals surface area (Å²) in [5, 5.41) is 3.09. The summed E-state index contributed by atoms with van der Waals surface area (Å²) in [5.41, 5.74) is 6.47. The molecular weight excluding hydrogens is 240 g/mol. The Bertz CT molecular complexity index is 495. The fourth-order valence-electron chi connectivity index (χ4n) is 2.67. The maximum atomic E-state index is 12.3. The first kappa shape index (κ1) is 12.5. The minimum Gasteiger partial charge on any atom is -0.493 e. The summed E-state index contributed by atoms with van der Waals surface area (Å²) in [6.07, 6.45) is 2.92. The maximum absolute atomic E-state index is 12.3. The molecule has 2 unspecified atom stereocenters. The first-order valence-electron chi connectivity index (χ1n) is 6.90. The minimum atomic E-state index is -0.743. The fraction of sp³-hybridized carbons (Fsp3) is 0.533. The van der Waals surface area contributed by atoms with Crippen LogP contribution in [0.4, 0.5) is 0 Å². The Labute approximate surface area is 113 Å².